The Morgan fingerprint density at radius 3 is 2.48 bits per heavy atom. The molecule has 0 atom stereocenters. The Morgan fingerprint density at radius 1 is 1.00 bits per heavy atom. The SMILES string of the molecule is O=C(NNC(=S)Nc1ccccc1Cl)c1ccc(-c2cccc(C(F)(F)F)c2)o1. The molecule has 0 radical (unpaired) electrons. The second kappa shape index (κ2) is 8.54. The number of carbonyl (C=O) groups excluding carboxylic acids is 1. The van der Waals surface area contributed by atoms with Gasteiger partial charge in [-0.15, -0.1) is 0 Å². The van der Waals surface area contributed by atoms with Gasteiger partial charge >= 0.3 is 12.1 Å². The van der Waals surface area contributed by atoms with Crippen molar-refractivity contribution in [1.29, 1.82) is 0 Å². The maximum atomic E-state index is 12.8. The third-order valence-corrected chi connectivity index (χ3v) is 4.25. The lowest BCUT2D eigenvalue weighted by atomic mass is 10.1. The van der Waals surface area contributed by atoms with Crippen LogP contribution in [-0.4, -0.2) is 11.0 Å². The maximum absolute atomic E-state index is 12.8. The van der Waals surface area contributed by atoms with E-state index in [1.54, 1.807) is 24.3 Å². The summed E-state index contributed by atoms with van der Waals surface area (Å²) in [5, 5.41) is 3.33. The molecule has 0 unspecified atom stereocenters. The first-order chi connectivity index (χ1) is 13.7. The van der Waals surface area contributed by atoms with Crippen LogP contribution in [0.25, 0.3) is 11.3 Å². The van der Waals surface area contributed by atoms with Crippen LogP contribution in [0.2, 0.25) is 5.02 Å². The van der Waals surface area contributed by atoms with Gasteiger partial charge in [-0.3, -0.25) is 15.6 Å². The van der Waals surface area contributed by atoms with Crippen molar-refractivity contribution in [2.45, 2.75) is 6.18 Å². The van der Waals surface area contributed by atoms with Crippen LogP contribution < -0.4 is 16.2 Å². The number of nitrogens with one attached hydrogen (secondary N) is 3. The number of hydrogen-bond acceptors (Lipinski definition) is 3. The van der Waals surface area contributed by atoms with Crippen molar-refractivity contribution in [3.05, 3.63) is 77.0 Å². The Balaban J connectivity index is 1.62. The molecule has 0 fully saturated rings. The molecule has 0 saturated heterocycles. The molecule has 1 amide bonds. The molecule has 5 nitrogen and oxygen atoms in total. The number of furan rings is 1. The van der Waals surface area contributed by atoms with Crippen molar-refractivity contribution in [3.8, 4) is 11.3 Å². The fourth-order valence-electron chi connectivity index (χ4n) is 2.36. The molecule has 0 aliphatic heterocycles. The number of hydrazine groups is 1. The Kier molecular flexibility index (Phi) is 6.09. The maximum Gasteiger partial charge on any atom is 0.416 e. The van der Waals surface area contributed by atoms with Gasteiger partial charge in [0.2, 0.25) is 0 Å². The smallest absolute Gasteiger partial charge is 0.416 e. The van der Waals surface area contributed by atoms with Gasteiger partial charge in [-0.05, 0) is 48.6 Å². The van der Waals surface area contributed by atoms with Gasteiger partial charge in [-0.1, -0.05) is 35.9 Å². The number of hydrogen-bond donors (Lipinski definition) is 3. The van der Waals surface area contributed by atoms with E-state index in [2.05, 4.69) is 16.2 Å². The molecule has 29 heavy (non-hydrogen) atoms. The van der Waals surface area contributed by atoms with E-state index in [0.717, 1.165) is 12.1 Å². The Morgan fingerprint density at radius 2 is 1.76 bits per heavy atom. The summed E-state index contributed by atoms with van der Waals surface area (Å²) in [6, 6.07) is 14.3. The number of alkyl halides is 3. The summed E-state index contributed by atoms with van der Waals surface area (Å²) in [7, 11) is 0. The number of halogens is 4. The number of rotatable bonds is 3. The predicted molar refractivity (Wildman–Crippen MR) is 107 cm³/mol. The Labute approximate surface area is 173 Å². The van der Waals surface area contributed by atoms with Gasteiger partial charge in [0.25, 0.3) is 0 Å². The van der Waals surface area contributed by atoms with Gasteiger partial charge in [0.15, 0.2) is 10.9 Å². The van der Waals surface area contributed by atoms with E-state index in [4.69, 9.17) is 28.2 Å². The first-order valence-corrected chi connectivity index (χ1v) is 8.92. The largest absolute Gasteiger partial charge is 0.451 e. The van der Waals surface area contributed by atoms with E-state index in [0.29, 0.717) is 10.7 Å². The first kappa shape index (κ1) is 20.7. The van der Waals surface area contributed by atoms with Crippen LogP contribution in [0.5, 0.6) is 0 Å². The molecule has 0 saturated carbocycles. The summed E-state index contributed by atoms with van der Waals surface area (Å²) in [4.78, 5) is 12.2. The van der Waals surface area contributed by atoms with Crippen molar-refractivity contribution >= 4 is 40.5 Å². The van der Waals surface area contributed by atoms with Gasteiger partial charge in [0.05, 0.1) is 16.3 Å². The molecule has 10 heteroatoms. The highest BCUT2D eigenvalue weighted by Crippen LogP contribution is 2.32. The zero-order chi connectivity index (χ0) is 21.0. The Bertz CT molecular complexity index is 1050. The molecule has 3 rings (SSSR count). The average Bonchev–Trinajstić information content (AvgIpc) is 3.18. The standard InChI is InChI=1S/C19H13ClF3N3O2S/c20-13-6-1-2-7-14(13)24-18(29)26-25-17(27)16-9-8-15(28-16)11-4-3-5-12(10-11)19(21,22)23/h1-10H,(H,25,27)(H2,24,26,29). The molecule has 150 valence electrons. The fraction of sp³-hybridized carbons (Fsp3) is 0.0526. The lowest BCUT2D eigenvalue weighted by molar-refractivity contribution is -0.137. The number of para-hydroxylation sites is 1. The molecule has 0 aliphatic rings. The van der Waals surface area contributed by atoms with Gasteiger partial charge in [-0.2, -0.15) is 13.2 Å². The summed E-state index contributed by atoms with van der Waals surface area (Å²) >= 11 is 11.1. The zero-order valence-electron chi connectivity index (χ0n) is 14.5. The fourth-order valence-corrected chi connectivity index (χ4v) is 2.70. The molecule has 2 aromatic carbocycles. The number of anilines is 1. The van der Waals surface area contributed by atoms with E-state index in [-0.39, 0.29) is 22.2 Å². The minimum absolute atomic E-state index is 0.0797. The van der Waals surface area contributed by atoms with Gasteiger partial charge in [0, 0.05) is 5.56 Å². The normalized spacial score (nSPS) is 11.0. The zero-order valence-corrected chi connectivity index (χ0v) is 16.1. The number of carbonyl (C=O) groups is 1. The molecule has 0 bridgehead atoms. The first-order valence-electron chi connectivity index (χ1n) is 8.13. The second-order valence-electron chi connectivity index (χ2n) is 5.76. The van der Waals surface area contributed by atoms with Crippen LogP contribution in [0, 0.1) is 0 Å². The summed E-state index contributed by atoms with van der Waals surface area (Å²) in [6.45, 7) is 0. The molecule has 1 heterocycles. The van der Waals surface area contributed by atoms with Crippen LogP contribution >= 0.6 is 23.8 Å². The third-order valence-electron chi connectivity index (χ3n) is 3.72. The van der Waals surface area contributed by atoms with E-state index in [9.17, 15) is 18.0 Å². The summed E-state index contributed by atoms with van der Waals surface area (Å²) in [5.41, 5.74) is 4.75. The lowest BCUT2D eigenvalue weighted by Gasteiger charge is -2.11. The van der Waals surface area contributed by atoms with Crippen LogP contribution in [0.1, 0.15) is 16.1 Å². The second-order valence-corrected chi connectivity index (χ2v) is 6.57. The molecular formula is C19H13ClF3N3O2S. The van der Waals surface area contributed by atoms with Crippen molar-refractivity contribution in [3.63, 3.8) is 0 Å². The monoisotopic (exact) mass is 439 g/mol. The number of amides is 1. The highest BCUT2D eigenvalue weighted by atomic mass is 35.5. The highest BCUT2D eigenvalue weighted by Gasteiger charge is 2.30. The van der Waals surface area contributed by atoms with Crippen molar-refractivity contribution < 1.29 is 22.4 Å². The van der Waals surface area contributed by atoms with Crippen LogP contribution in [-0.2, 0) is 6.18 Å². The van der Waals surface area contributed by atoms with Crippen LogP contribution in [0.15, 0.2) is 65.1 Å². The average molecular weight is 440 g/mol. The van der Waals surface area contributed by atoms with Crippen molar-refractivity contribution in [1.82, 2.24) is 10.9 Å². The minimum Gasteiger partial charge on any atom is -0.451 e. The molecule has 0 spiro atoms. The van der Waals surface area contributed by atoms with E-state index in [1.807, 2.05) is 0 Å². The van der Waals surface area contributed by atoms with Gasteiger partial charge < -0.3 is 9.73 Å². The van der Waals surface area contributed by atoms with E-state index in [1.165, 1.54) is 24.3 Å². The minimum atomic E-state index is -4.48. The summed E-state index contributed by atoms with van der Waals surface area (Å²) in [5.74, 6) is -0.644. The third kappa shape index (κ3) is 5.27. The molecule has 0 aliphatic carbocycles. The van der Waals surface area contributed by atoms with Crippen molar-refractivity contribution in [2.75, 3.05) is 5.32 Å². The van der Waals surface area contributed by atoms with E-state index < -0.39 is 17.6 Å². The predicted octanol–water partition coefficient (Wildman–Crippen LogP) is 5.25. The number of benzene rings is 2. The highest BCUT2D eigenvalue weighted by molar-refractivity contribution is 7.80. The topological polar surface area (TPSA) is 66.3 Å². The summed E-state index contributed by atoms with van der Waals surface area (Å²) < 4.78 is 43.9. The van der Waals surface area contributed by atoms with Gasteiger partial charge in [-0.25, -0.2) is 0 Å². The number of thiocarbonyl (C=S) groups is 1. The molecule has 3 aromatic rings. The molecule has 1 aromatic heterocycles. The van der Waals surface area contributed by atoms with Crippen molar-refractivity contribution in [2.24, 2.45) is 0 Å². The van der Waals surface area contributed by atoms with E-state index >= 15 is 0 Å². The molecule has 3 N–H and O–H groups in total. The van der Waals surface area contributed by atoms with Crippen LogP contribution in [0.4, 0.5) is 18.9 Å². The summed E-state index contributed by atoms with van der Waals surface area (Å²) in [6.07, 6.45) is -4.48. The van der Waals surface area contributed by atoms with Gasteiger partial charge in [0.1, 0.15) is 5.76 Å². The lowest BCUT2D eigenvalue weighted by Crippen LogP contribution is -2.43. The molecular weight excluding hydrogens is 427 g/mol. The Hall–Kier alpha value is -3.04. The quantitative estimate of drug-likeness (QED) is 0.384. The van der Waals surface area contributed by atoms with Crippen LogP contribution in [0.3, 0.4) is 0 Å².